The van der Waals surface area contributed by atoms with Crippen LogP contribution in [0.4, 0.5) is 0 Å². The molecule has 0 aliphatic rings. The molecular weight excluding hydrogens is 231 g/mol. The number of hydrogen-bond acceptors (Lipinski definition) is 1. The van der Waals surface area contributed by atoms with Crippen molar-refractivity contribution in [1.82, 2.24) is 0 Å². The van der Waals surface area contributed by atoms with Gasteiger partial charge in [0.2, 0.25) is 0 Å². The second-order valence-electron chi connectivity index (χ2n) is 3.51. The van der Waals surface area contributed by atoms with Crippen molar-refractivity contribution in [2.24, 2.45) is 0 Å². The van der Waals surface area contributed by atoms with Crippen molar-refractivity contribution in [2.45, 2.75) is 31.6 Å². The van der Waals surface area contributed by atoms with Gasteiger partial charge < -0.3 is 4.74 Å². The normalized spacial score (nSPS) is 12.5. The maximum atomic E-state index is 6.06. The number of hydrogen-bond donors (Lipinski definition) is 0. The average molecular weight is 247 g/mol. The van der Waals surface area contributed by atoms with E-state index in [1.165, 1.54) is 5.56 Å². The Hall–Kier alpha value is -0.400. The molecular formula is C12H16Cl2O. The van der Waals surface area contributed by atoms with Crippen LogP contribution in [-0.4, -0.2) is 12.5 Å². The van der Waals surface area contributed by atoms with Gasteiger partial charge in [0.15, 0.2) is 0 Å². The third-order valence-electron chi connectivity index (χ3n) is 2.40. The van der Waals surface area contributed by atoms with E-state index < -0.39 is 0 Å². The Labute approximate surface area is 101 Å². The number of methoxy groups -OCH3 is 1. The van der Waals surface area contributed by atoms with E-state index in [1.807, 2.05) is 18.2 Å². The summed E-state index contributed by atoms with van der Waals surface area (Å²) in [6.07, 6.45) is 2.96. The minimum atomic E-state index is 0.256. The molecule has 3 heteroatoms. The van der Waals surface area contributed by atoms with E-state index in [0.717, 1.165) is 25.0 Å². The quantitative estimate of drug-likeness (QED) is 0.705. The Morgan fingerprint density at radius 1 is 1.40 bits per heavy atom. The lowest BCUT2D eigenvalue weighted by atomic mass is 10.1. The molecule has 0 saturated heterocycles. The first kappa shape index (κ1) is 12.7. The van der Waals surface area contributed by atoms with Crippen LogP contribution < -0.4 is 4.74 Å². The van der Waals surface area contributed by atoms with E-state index in [9.17, 15) is 0 Å². The summed E-state index contributed by atoms with van der Waals surface area (Å²) in [5.41, 5.74) is 1.22. The summed E-state index contributed by atoms with van der Waals surface area (Å²) in [7, 11) is 1.63. The SMILES string of the molecule is CCC(Cl)CCc1ccc(Cl)c(OC)c1. The zero-order chi connectivity index (χ0) is 11.3. The maximum Gasteiger partial charge on any atom is 0.137 e. The van der Waals surface area contributed by atoms with E-state index >= 15 is 0 Å². The van der Waals surface area contributed by atoms with Crippen molar-refractivity contribution in [3.63, 3.8) is 0 Å². The highest BCUT2D eigenvalue weighted by molar-refractivity contribution is 6.32. The number of rotatable bonds is 5. The van der Waals surface area contributed by atoms with Gasteiger partial charge in [0, 0.05) is 5.38 Å². The Balaban J connectivity index is 2.62. The number of ether oxygens (including phenoxy) is 1. The first-order valence-electron chi connectivity index (χ1n) is 5.13. The van der Waals surface area contributed by atoms with Crippen molar-refractivity contribution in [2.75, 3.05) is 7.11 Å². The van der Waals surface area contributed by atoms with E-state index in [-0.39, 0.29) is 5.38 Å². The molecule has 0 bridgehead atoms. The molecule has 1 aromatic rings. The van der Waals surface area contributed by atoms with E-state index in [1.54, 1.807) is 7.11 Å². The molecule has 15 heavy (non-hydrogen) atoms. The van der Waals surface area contributed by atoms with Crippen molar-refractivity contribution >= 4 is 23.2 Å². The predicted molar refractivity (Wildman–Crippen MR) is 66.3 cm³/mol. The number of aryl methyl sites for hydroxylation is 1. The van der Waals surface area contributed by atoms with Gasteiger partial charge in [-0.05, 0) is 37.0 Å². The van der Waals surface area contributed by atoms with Gasteiger partial charge >= 0.3 is 0 Å². The second-order valence-corrected chi connectivity index (χ2v) is 4.54. The first-order chi connectivity index (χ1) is 7.17. The van der Waals surface area contributed by atoms with Crippen molar-refractivity contribution in [3.05, 3.63) is 28.8 Å². The molecule has 0 heterocycles. The van der Waals surface area contributed by atoms with Crippen LogP contribution in [0.15, 0.2) is 18.2 Å². The largest absolute Gasteiger partial charge is 0.495 e. The Morgan fingerprint density at radius 3 is 2.73 bits per heavy atom. The summed E-state index contributed by atoms with van der Waals surface area (Å²) in [6.45, 7) is 2.10. The summed E-state index contributed by atoms with van der Waals surface area (Å²) in [5.74, 6) is 0.733. The summed E-state index contributed by atoms with van der Waals surface area (Å²) in [6, 6.07) is 5.86. The lowest BCUT2D eigenvalue weighted by molar-refractivity contribution is 0.414. The topological polar surface area (TPSA) is 9.23 Å². The number of benzene rings is 1. The van der Waals surface area contributed by atoms with Gasteiger partial charge in [0.25, 0.3) is 0 Å². The molecule has 0 spiro atoms. The van der Waals surface area contributed by atoms with Gasteiger partial charge in [-0.3, -0.25) is 0 Å². The third-order valence-corrected chi connectivity index (χ3v) is 3.24. The van der Waals surface area contributed by atoms with E-state index in [0.29, 0.717) is 5.02 Å². The molecule has 0 saturated carbocycles. The smallest absolute Gasteiger partial charge is 0.137 e. The highest BCUT2D eigenvalue weighted by Crippen LogP contribution is 2.26. The summed E-state index contributed by atoms with van der Waals surface area (Å²) >= 11 is 12.0. The van der Waals surface area contributed by atoms with Crippen LogP contribution >= 0.6 is 23.2 Å². The molecule has 1 rings (SSSR count). The summed E-state index contributed by atoms with van der Waals surface area (Å²) in [4.78, 5) is 0. The molecule has 84 valence electrons. The maximum absolute atomic E-state index is 6.06. The van der Waals surface area contributed by atoms with Crippen LogP contribution in [0.5, 0.6) is 5.75 Å². The molecule has 0 radical (unpaired) electrons. The molecule has 0 aliphatic heterocycles. The molecule has 0 amide bonds. The van der Waals surface area contributed by atoms with Gasteiger partial charge in [-0.2, -0.15) is 0 Å². The van der Waals surface area contributed by atoms with Gasteiger partial charge in [0.1, 0.15) is 5.75 Å². The lowest BCUT2D eigenvalue weighted by Gasteiger charge is -2.08. The fourth-order valence-electron chi connectivity index (χ4n) is 1.39. The van der Waals surface area contributed by atoms with Gasteiger partial charge in [-0.25, -0.2) is 0 Å². The number of halogens is 2. The zero-order valence-corrected chi connectivity index (χ0v) is 10.6. The second kappa shape index (κ2) is 6.24. The van der Waals surface area contributed by atoms with Crippen LogP contribution in [0.2, 0.25) is 5.02 Å². The van der Waals surface area contributed by atoms with Crippen molar-refractivity contribution in [3.8, 4) is 5.75 Å². The molecule has 1 nitrogen and oxygen atoms in total. The zero-order valence-electron chi connectivity index (χ0n) is 9.09. The monoisotopic (exact) mass is 246 g/mol. The average Bonchev–Trinajstić information content (AvgIpc) is 2.27. The van der Waals surface area contributed by atoms with Crippen LogP contribution in [0.3, 0.4) is 0 Å². The van der Waals surface area contributed by atoms with Crippen molar-refractivity contribution in [1.29, 1.82) is 0 Å². The van der Waals surface area contributed by atoms with E-state index in [2.05, 4.69) is 6.92 Å². The predicted octanol–water partition coefficient (Wildman–Crippen LogP) is 4.30. The Bertz CT molecular complexity index is 312. The molecule has 1 aromatic carbocycles. The highest BCUT2D eigenvalue weighted by atomic mass is 35.5. The minimum Gasteiger partial charge on any atom is -0.495 e. The number of alkyl halides is 1. The molecule has 0 fully saturated rings. The van der Waals surface area contributed by atoms with Gasteiger partial charge in [-0.15, -0.1) is 11.6 Å². The van der Waals surface area contributed by atoms with Crippen LogP contribution in [0.25, 0.3) is 0 Å². The van der Waals surface area contributed by atoms with Crippen LogP contribution in [0, 0.1) is 0 Å². The van der Waals surface area contributed by atoms with Gasteiger partial charge in [0.05, 0.1) is 12.1 Å². The fourth-order valence-corrected chi connectivity index (χ4v) is 1.69. The van der Waals surface area contributed by atoms with Crippen LogP contribution in [0.1, 0.15) is 25.3 Å². The molecule has 0 aromatic heterocycles. The molecule has 1 atom stereocenters. The van der Waals surface area contributed by atoms with E-state index in [4.69, 9.17) is 27.9 Å². The molecule has 0 N–H and O–H groups in total. The van der Waals surface area contributed by atoms with Gasteiger partial charge in [-0.1, -0.05) is 24.6 Å². The fraction of sp³-hybridized carbons (Fsp3) is 0.500. The molecule has 1 unspecified atom stereocenters. The lowest BCUT2D eigenvalue weighted by Crippen LogP contribution is -1.98. The Morgan fingerprint density at radius 2 is 2.13 bits per heavy atom. The standard InChI is InChI=1S/C12H16Cl2O/c1-3-10(13)6-4-9-5-7-11(14)12(8-9)15-2/h5,7-8,10H,3-4,6H2,1-2H3. The molecule has 0 aliphatic carbocycles. The van der Waals surface area contributed by atoms with Crippen LogP contribution in [-0.2, 0) is 6.42 Å². The summed E-state index contributed by atoms with van der Waals surface area (Å²) < 4.78 is 5.15. The first-order valence-corrected chi connectivity index (χ1v) is 5.95. The third kappa shape index (κ3) is 3.92. The Kier molecular flexibility index (Phi) is 5.27. The summed E-state index contributed by atoms with van der Waals surface area (Å²) in [5, 5.41) is 0.908. The highest BCUT2D eigenvalue weighted by Gasteiger charge is 2.05. The minimum absolute atomic E-state index is 0.256. The van der Waals surface area contributed by atoms with Crippen molar-refractivity contribution < 1.29 is 4.74 Å².